The molecule has 140 valence electrons. The Morgan fingerprint density at radius 3 is 2.58 bits per heavy atom. The normalized spacial score (nSPS) is 19.8. The minimum absolute atomic E-state index is 0.0245. The SMILES string of the molecule is COc1ccc(-n2ccc(CNC(=O)N(C)C3CCC(C)CC3)n2)cc1. The van der Waals surface area contributed by atoms with Gasteiger partial charge >= 0.3 is 6.03 Å². The van der Waals surface area contributed by atoms with Crippen molar-refractivity contribution in [3.63, 3.8) is 0 Å². The molecule has 1 aromatic carbocycles. The van der Waals surface area contributed by atoms with Gasteiger partial charge in [0.05, 0.1) is 25.0 Å². The molecule has 0 atom stereocenters. The zero-order chi connectivity index (χ0) is 18.5. The van der Waals surface area contributed by atoms with E-state index in [-0.39, 0.29) is 6.03 Å². The van der Waals surface area contributed by atoms with Gasteiger partial charge in [0.25, 0.3) is 0 Å². The molecule has 26 heavy (non-hydrogen) atoms. The number of amides is 2. The van der Waals surface area contributed by atoms with Gasteiger partial charge in [-0.3, -0.25) is 0 Å². The van der Waals surface area contributed by atoms with Crippen LogP contribution < -0.4 is 10.1 Å². The summed E-state index contributed by atoms with van der Waals surface area (Å²) in [6.07, 6.45) is 6.49. The molecule has 0 unspecified atom stereocenters. The van der Waals surface area contributed by atoms with E-state index in [1.807, 2.05) is 48.5 Å². The summed E-state index contributed by atoms with van der Waals surface area (Å²) in [4.78, 5) is 14.3. The topological polar surface area (TPSA) is 59.4 Å². The van der Waals surface area contributed by atoms with E-state index in [9.17, 15) is 4.79 Å². The molecule has 0 aliphatic heterocycles. The van der Waals surface area contributed by atoms with Crippen LogP contribution in [0.1, 0.15) is 38.3 Å². The molecule has 1 N–H and O–H groups in total. The third-order valence-electron chi connectivity index (χ3n) is 5.26. The van der Waals surface area contributed by atoms with Gasteiger partial charge in [0.1, 0.15) is 5.75 Å². The standard InChI is InChI=1S/C20H28N4O2/c1-15-4-6-17(7-5-15)23(2)20(25)21-14-16-12-13-24(22-16)18-8-10-19(26-3)11-9-18/h8-13,15,17H,4-7,14H2,1-3H3,(H,21,25). The fourth-order valence-electron chi connectivity index (χ4n) is 3.42. The average Bonchev–Trinajstić information content (AvgIpc) is 3.15. The number of ether oxygens (including phenoxy) is 1. The third kappa shape index (κ3) is 4.36. The maximum atomic E-state index is 12.4. The summed E-state index contributed by atoms with van der Waals surface area (Å²) in [5.41, 5.74) is 1.79. The van der Waals surface area contributed by atoms with Crippen LogP contribution in [0.3, 0.4) is 0 Å². The predicted molar refractivity (Wildman–Crippen MR) is 102 cm³/mol. The monoisotopic (exact) mass is 356 g/mol. The fourth-order valence-corrected chi connectivity index (χ4v) is 3.42. The summed E-state index contributed by atoms with van der Waals surface area (Å²) in [7, 11) is 3.54. The number of hydrogen-bond donors (Lipinski definition) is 1. The van der Waals surface area contributed by atoms with Gasteiger partial charge in [-0.1, -0.05) is 6.92 Å². The second-order valence-electron chi connectivity index (χ2n) is 7.13. The predicted octanol–water partition coefficient (Wildman–Crippen LogP) is 3.60. The summed E-state index contributed by atoms with van der Waals surface area (Å²) >= 11 is 0. The van der Waals surface area contributed by atoms with E-state index in [2.05, 4.69) is 17.3 Å². The van der Waals surface area contributed by atoms with E-state index in [1.54, 1.807) is 11.8 Å². The van der Waals surface area contributed by atoms with Crippen molar-refractivity contribution in [2.75, 3.05) is 14.2 Å². The van der Waals surface area contributed by atoms with Crippen LogP contribution in [0.4, 0.5) is 4.79 Å². The summed E-state index contributed by atoms with van der Waals surface area (Å²) in [5, 5.41) is 7.51. The van der Waals surface area contributed by atoms with Crippen LogP contribution in [0.15, 0.2) is 36.5 Å². The van der Waals surface area contributed by atoms with E-state index in [4.69, 9.17) is 4.74 Å². The molecule has 0 bridgehead atoms. The van der Waals surface area contributed by atoms with E-state index in [0.29, 0.717) is 12.6 Å². The summed E-state index contributed by atoms with van der Waals surface area (Å²) < 4.78 is 6.97. The van der Waals surface area contributed by atoms with Crippen LogP contribution in [0.25, 0.3) is 5.69 Å². The lowest BCUT2D eigenvalue weighted by Crippen LogP contribution is -2.44. The van der Waals surface area contributed by atoms with E-state index in [1.165, 1.54) is 12.8 Å². The first-order valence-electron chi connectivity index (χ1n) is 9.26. The van der Waals surface area contributed by atoms with Crippen LogP contribution in [-0.4, -0.2) is 40.9 Å². The van der Waals surface area contributed by atoms with Gasteiger partial charge in [-0.05, 0) is 61.9 Å². The number of nitrogens with zero attached hydrogens (tertiary/aromatic N) is 3. The van der Waals surface area contributed by atoms with E-state index < -0.39 is 0 Å². The first-order valence-corrected chi connectivity index (χ1v) is 9.26. The molecule has 6 heteroatoms. The first-order chi connectivity index (χ1) is 12.6. The number of rotatable bonds is 5. The highest BCUT2D eigenvalue weighted by Crippen LogP contribution is 2.26. The smallest absolute Gasteiger partial charge is 0.317 e. The summed E-state index contributed by atoms with van der Waals surface area (Å²) in [6, 6.07) is 9.95. The van der Waals surface area contributed by atoms with Crippen LogP contribution >= 0.6 is 0 Å². The molecule has 6 nitrogen and oxygen atoms in total. The Bertz CT molecular complexity index is 718. The molecular weight excluding hydrogens is 328 g/mol. The Labute approximate surface area is 155 Å². The molecule has 1 heterocycles. The van der Waals surface area contributed by atoms with Crippen molar-refractivity contribution < 1.29 is 9.53 Å². The molecule has 1 saturated carbocycles. The molecule has 1 aliphatic carbocycles. The second kappa shape index (κ2) is 8.25. The van der Waals surface area contributed by atoms with E-state index in [0.717, 1.165) is 35.9 Å². The number of nitrogens with one attached hydrogen (secondary N) is 1. The van der Waals surface area contributed by atoms with Gasteiger partial charge in [0, 0.05) is 19.3 Å². The van der Waals surface area contributed by atoms with Crippen LogP contribution in [-0.2, 0) is 6.54 Å². The van der Waals surface area contributed by atoms with Gasteiger partial charge in [-0.25, -0.2) is 9.48 Å². The van der Waals surface area contributed by atoms with Gasteiger partial charge < -0.3 is 15.0 Å². The van der Waals surface area contributed by atoms with Gasteiger partial charge in [0.15, 0.2) is 0 Å². The molecule has 0 radical (unpaired) electrons. The Balaban J connectivity index is 1.53. The summed E-state index contributed by atoms with van der Waals surface area (Å²) in [5.74, 6) is 1.60. The largest absolute Gasteiger partial charge is 0.497 e. The Kier molecular flexibility index (Phi) is 5.81. The number of methoxy groups -OCH3 is 1. The first kappa shape index (κ1) is 18.3. The number of carbonyl (C=O) groups is 1. The zero-order valence-corrected chi connectivity index (χ0v) is 15.8. The zero-order valence-electron chi connectivity index (χ0n) is 15.8. The number of benzene rings is 1. The van der Waals surface area contributed by atoms with Crippen molar-refractivity contribution in [2.45, 2.75) is 45.2 Å². The second-order valence-corrected chi connectivity index (χ2v) is 7.13. The molecule has 2 amide bonds. The van der Waals surface area contributed by atoms with Crippen LogP contribution in [0.2, 0.25) is 0 Å². The molecule has 1 aromatic heterocycles. The number of aromatic nitrogens is 2. The lowest BCUT2D eigenvalue weighted by molar-refractivity contribution is 0.163. The lowest BCUT2D eigenvalue weighted by atomic mass is 9.87. The van der Waals surface area contributed by atoms with Crippen LogP contribution in [0.5, 0.6) is 5.75 Å². The maximum Gasteiger partial charge on any atom is 0.317 e. The molecule has 0 saturated heterocycles. The molecule has 0 spiro atoms. The van der Waals surface area contributed by atoms with Gasteiger partial charge in [-0.2, -0.15) is 5.10 Å². The number of carbonyl (C=O) groups excluding carboxylic acids is 1. The summed E-state index contributed by atoms with van der Waals surface area (Å²) in [6.45, 7) is 2.71. The average molecular weight is 356 g/mol. The van der Waals surface area contributed by atoms with Gasteiger partial charge in [0.2, 0.25) is 0 Å². The van der Waals surface area contributed by atoms with Crippen molar-refractivity contribution in [2.24, 2.45) is 5.92 Å². The van der Waals surface area contributed by atoms with Crippen molar-refractivity contribution in [3.05, 3.63) is 42.2 Å². The molecule has 1 fully saturated rings. The minimum atomic E-state index is -0.0245. The highest BCUT2D eigenvalue weighted by atomic mass is 16.5. The quantitative estimate of drug-likeness (QED) is 0.890. The molecule has 1 aliphatic rings. The fraction of sp³-hybridized carbons (Fsp3) is 0.500. The van der Waals surface area contributed by atoms with Crippen molar-refractivity contribution in [1.29, 1.82) is 0 Å². The molecule has 2 aromatic rings. The third-order valence-corrected chi connectivity index (χ3v) is 5.26. The molecule has 3 rings (SSSR count). The Morgan fingerprint density at radius 2 is 1.92 bits per heavy atom. The van der Waals surface area contributed by atoms with Crippen LogP contribution in [0, 0.1) is 5.92 Å². The Hall–Kier alpha value is -2.50. The number of hydrogen-bond acceptors (Lipinski definition) is 3. The van der Waals surface area contributed by atoms with E-state index >= 15 is 0 Å². The number of urea groups is 1. The minimum Gasteiger partial charge on any atom is -0.497 e. The molecular formula is C20H28N4O2. The lowest BCUT2D eigenvalue weighted by Gasteiger charge is -2.33. The maximum absolute atomic E-state index is 12.4. The van der Waals surface area contributed by atoms with Gasteiger partial charge in [-0.15, -0.1) is 0 Å². The highest BCUT2D eigenvalue weighted by Gasteiger charge is 2.24. The Morgan fingerprint density at radius 1 is 1.23 bits per heavy atom. The van der Waals surface area contributed by atoms with Crippen molar-refractivity contribution in [1.82, 2.24) is 20.0 Å². The highest BCUT2D eigenvalue weighted by molar-refractivity contribution is 5.74. The van der Waals surface area contributed by atoms with Crippen molar-refractivity contribution >= 4 is 6.03 Å². The van der Waals surface area contributed by atoms with Crippen molar-refractivity contribution in [3.8, 4) is 11.4 Å².